The van der Waals surface area contributed by atoms with E-state index in [0.717, 1.165) is 21.3 Å². The van der Waals surface area contributed by atoms with E-state index in [4.69, 9.17) is 0 Å². The number of carbonyl (C=O) groups excluding carboxylic acids is 1. The van der Waals surface area contributed by atoms with Crippen molar-refractivity contribution in [2.45, 2.75) is 6.92 Å². The van der Waals surface area contributed by atoms with Gasteiger partial charge in [0.25, 0.3) is 5.91 Å². The number of aromatic nitrogens is 1. The molecule has 0 saturated carbocycles. The lowest BCUT2D eigenvalue weighted by Crippen LogP contribution is -2.13. The molecule has 0 aliphatic rings. The van der Waals surface area contributed by atoms with Gasteiger partial charge in [-0.15, -0.1) is 11.3 Å². The molecule has 0 atom stereocenters. The minimum Gasteiger partial charge on any atom is -0.298 e. The predicted octanol–water partition coefficient (Wildman–Crippen LogP) is 5.25. The minimum atomic E-state index is -0.930. The SMILES string of the molecule is Cc1cccc(C(=O)Nc2nc(-c3ccc(F)c(F)c3)cs2)c1I. The van der Waals surface area contributed by atoms with Crippen LogP contribution in [0.5, 0.6) is 0 Å². The highest BCUT2D eigenvalue weighted by molar-refractivity contribution is 14.1. The lowest BCUT2D eigenvalue weighted by Gasteiger charge is -2.06. The molecule has 0 aliphatic carbocycles. The fourth-order valence-electron chi connectivity index (χ4n) is 2.11. The first-order valence-electron chi connectivity index (χ1n) is 6.93. The van der Waals surface area contributed by atoms with E-state index in [1.807, 2.05) is 19.1 Å². The smallest absolute Gasteiger partial charge is 0.258 e. The maximum Gasteiger partial charge on any atom is 0.258 e. The van der Waals surface area contributed by atoms with E-state index in [1.165, 1.54) is 17.4 Å². The monoisotopic (exact) mass is 456 g/mol. The van der Waals surface area contributed by atoms with Gasteiger partial charge < -0.3 is 0 Å². The summed E-state index contributed by atoms with van der Waals surface area (Å²) in [5, 5.41) is 4.82. The van der Waals surface area contributed by atoms with E-state index in [0.29, 0.717) is 22.0 Å². The second-order valence-corrected chi connectivity index (χ2v) is 6.99. The molecule has 0 unspecified atom stereocenters. The first-order chi connectivity index (χ1) is 11.5. The van der Waals surface area contributed by atoms with E-state index >= 15 is 0 Å². The zero-order valence-corrected chi connectivity index (χ0v) is 15.4. The lowest BCUT2D eigenvalue weighted by atomic mass is 10.1. The Kier molecular flexibility index (Phi) is 4.91. The predicted molar refractivity (Wildman–Crippen MR) is 99.3 cm³/mol. The molecule has 3 nitrogen and oxygen atoms in total. The Morgan fingerprint density at radius 3 is 2.75 bits per heavy atom. The van der Waals surface area contributed by atoms with E-state index in [-0.39, 0.29) is 5.91 Å². The fraction of sp³-hybridized carbons (Fsp3) is 0.0588. The van der Waals surface area contributed by atoms with Gasteiger partial charge in [-0.3, -0.25) is 10.1 Å². The average molecular weight is 456 g/mol. The van der Waals surface area contributed by atoms with Crippen LogP contribution < -0.4 is 5.32 Å². The topological polar surface area (TPSA) is 42.0 Å². The Balaban J connectivity index is 1.82. The number of nitrogens with zero attached hydrogens (tertiary/aromatic N) is 1. The zero-order valence-electron chi connectivity index (χ0n) is 12.4. The van der Waals surface area contributed by atoms with Crippen molar-refractivity contribution in [3.8, 4) is 11.3 Å². The van der Waals surface area contributed by atoms with Crippen LogP contribution in [0.3, 0.4) is 0 Å². The quantitative estimate of drug-likeness (QED) is 0.547. The van der Waals surface area contributed by atoms with E-state index < -0.39 is 11.6 Å². The largest absolute Gasteiger partial charge is 0.298 e. The second-order valence-electron chi connectivity index (χ2n) is 5.06. The molecule has 0 aliphatic heterocycles. The average Bonchev–Trinajstić information content (AvgIpc) is 3.01. The van der Waals surface area contributed by atoms with Gasteiger partial charge in [-0.25, -0.2) is 13.8 Å². The zero-order chi connectivity index (χ0) is 17.3. The molecule has 1 aromatic heterocycles. The summed E-state index contributed by atoms with van der Waals surface area (Å²) in [5.41, 5.74) is 2.52. The van der Waals surface area contributed by atoms with Crippen molar-refractivity contribution >= 4 is 45.0 Å². The Hall–Kier alpha value is -1.87. The van der Waals surface area contributed by atoms with E-state index in [1.54, 1.807) is 11.4 Å². The van der Waals surface area contributed by atoms with Crippen LogP contribution in [-0.4, -0.2) is 10.9 Å². The van der Waals surface area contributed by atoms with Crippen molar-refractivity contribution in [1.29, 1.82) is 0 Å². The number of thiazole rings is 1. The van der Waals surface area contributed by atoms with Gasteiger partial charge in [0.15, 0.2) is 16.8 Å². The van der Waals surface area contributed by atoms with Crippen LogP contribution in [0.4, 0.5) is 13.9 Å². The van der Waals surface area contributed by atoms with Gasteiger partial charge in [-0.1, -0.05) is 12.1 Å². The number of anilines is 1. The number of amides is 1. The summed E-state index contributed by atoms with van der Waals surface area (Å²) in [6.45, 7) is 1.93. The number of benzene rings is 2. The number of hydrogen-bond acceptors (Lipinski definition) is 3. The van der Waals surface area contributed by atoms with Crippen LogP contribution in [0, 0.1) is 22.1 Å². The molecule has 3 rings (SSSR count). The van der Waals surface area contributed by atoms with Crippen LogP contribution >= 0.6 is 33.9 Å². The molecular weight excluding hydrogens is 445 g/mol. The molecule has 24 heavy (non-hydrogen) atoms. The molecule has 0 spiro atoms. The van der Waals surface area contributed by atoms with Gasteiger partial charge in [0, 0.05) is 14.5 Å². The number of hydrogen-bond donors (Lipinski definition) is 1. The second kappa shape index (κ2) is 6.94. The summed E-state index contributed by atoms with van der Waals surface area (Å²) < 4.78 is 27.2. The van der Waals surface area contributed by atoms with Gasteiger partial charge >= 0.3 is 0 Å². The molecule has 0 bridgehead atoms. The third kappa shape index (κ3) is 3.46. The Morgan fingerprint density at radius 1 is 1.21 bits per heavy atom. The van der Waals surface area contributed by atoms with Crippen molar-refractivity contribution < 1.29 is 13.6 Å². The molecule has 1 N–H and O–H groups in total. The molecule has 3 aromatic rings. The van der Waals surface area contributed by atoms with E-state index in [2.05, 4.69) is 32.9 Å². The highest BCUT2D eigenvalue weighted by atomic mass is 127. The highest BCUT2D eigenvalue weighted by Gasteiger charge is 2.14. The summed E-state index contributed by atoms with van der Waals surface area (Å²) in [5.74, 6) is -2.09. The van der Waals surface area contributed by atoms with Crippen LogP contribution in [0.2, 0.25) is 0 Å². The standard InChI is InChI=1S/C17H11F2IN2OS/c1-9-3-2-4-11(15(9)20)16(23)22-17-21-14(8-24-17)10-5-6-12(18)13(19)7-10/h2-8H,1H3,(H,21,22,23). The summed E-state index contributed by atoms with van der Waals surface area (Å²) in [7, 11) is 0. The summed E-state index contributed by atoms with van der Waals surface area (Å²) in [6, 6.07) is 9.08. The molecule has 7 heteroatoms. The van der Waals surface area contributed by atoms with Gasteiger partial charge in [-0.2, -0.15) is 0 Å². The van der Waals surface area contributed by atoms with Crippen LogP contribution in [0.25, 0.3) is 11.3 Å². The molecular formula is C17H11F2IN2OS. The fourth-order valence-corrected chi connectivity index (χ4v) is 3.43. The number of carbonyl (C=O) groups is 1. The maximum atomic E-state index is 13.3. The highest BCUT2D eigenvalue weighted by Crippen LogP contribution is 2.27. The van der Waals surface area contributed by atoms with Crippen LogP contribution in [0.15, 0.2) is 41.8 Å². The Labute approximate surface area is 154 Å². The molecule has 0 saturated heterocycles. The summed E-state index contributed by atoms with van der Waals surface area (Å²) in [4.78, 5) is 16.6. The molecule has 0 fully saturated rings. The number of aryl methyl sites for hydroxylation is 1. The number of nitrogens with one attached hydrogen (secondary N) is 1. The first-order valence-corrected chi connectivity index (χ1v) is 8.89. The van der Waals surface area contributed by atoms with Crippen molar-refractivity contribution in [2.75, 3.05) is 5.32 Å². The summed E-state index contributed by atoms with van der Waals surface area (Å²) in [6.07, 6.45) is 0. The molecule has 2 aromatic carbocycles. The molecule has 0 radical (unpaired) electrons. The Morgan fingerprint density at radius 2 is 2.00 bits per heavy atom. The molecule has 1 heterocycles. The minimum absolute atomic E-state index is 0.255. The third-order valence-electron chi connectivity index (χ3n) is 3.38. The molecule has 122 valence electrons. The van der Waals surface area contributed by atoms with Crippen LogP contribution in [0.1, 0.15) is 15.9 Å². The normalized spacial score (nSPS) is 10.7. The van der Waals surface area contributed by atoms with Gasteiger partial charge in [0.1, 0.15) is 0 Å². The van der Waals surface area contributed by atoms with Gasteiger partial charge in [-0.05, 0) is 59.3 Å². The molecule has 1 amide bonds. The first kappa shape index (κ1) is 17.0. The third-order valence-corrected chi connectivity index (χ3v) is 5.57. The number of halogens is 3. The van der Waals surface area contributed by atoms with Gasteiger partial charge in [0.2, 0.25) is 0 Å². The van der Waals surface area contributed by atoms with Crippen LogP contribution in [-0.2, 0) is 0 Å². The van der Waals surface area contributed by atoms with Gasteiger partial charge in [0.05, 0.1) is 11.3 Å². The number of rotatable bonds is 3. The van der Waals surface area contributed by atoms with E-state index in [9.17, 15) is 13.6 Å². The summed E-state index contributed by atoms with van der Waals surface area (Å²) >= 11 is 3.35. The Bertz CT molecular complexity index is 927. The van der Waals surface area contributed by atoms with Crippen molar-refractivity contribution in [2.24, 2.45) is 0 Å². The maximum absolute atomic E-state index is 13.3. The lowest BCUT2D eigenvalue weighted by molar-refractivity contribution is 0.102. The van der Waals surface area contributed by atoms with Crippen molar-refractivity contribution in [3.63, 3.8) is 0 Å². The van der Waals surface area contributed by atoms with Crippen molar-refractivity contribution in [1.82, 2.24) is 4.98 Å². The van der Waals surface area contributed by atoms with Crippen molar-refractivity contribution in [3.05, 3.63) is 68.1 Å².